The molecule has 0 aromatic heterocycles. The number of nitrogens with one attached hydrogen (secondary N) is 1. The minimum Gasteiger partial charge on any atom is -0.383 e. The van der Waals surface area contributed by atoms with Crippen molar-refractivity contribution in [2.24, 2.45) is 5.92 Å². The molecular formula is C14H32N2O. The lowest BCUT2D eigenvalue weighted by atomic mass is 10.1. The molecule has 0 aliphatic rings. The topological polar surface area (TPSA) is 24.5 Å². The van der Waals surface area contributed by atoms with Gasteiger partial charge in [0.1, 0.15) is 0 Å². The van der Waals surface area contributed by atoms with Crippen LogP contribution < -0.4 is 5.32 Å². The summed E-state index contributed by atoms with van der Waals surface area (Å²) in [5.74, 6) is 0.715. The lowest BCUT2D eigenvalue weighted by molar-refractivity contribution is 0.111. The van der Waals surface area contributed by atoms with Gasteiger partial charge in [0.25, 0.3) is 0 Å². The highest BCUT2D eigenvalue weighted by atomic mass is 16.5. The van der Waals surface area contributed by atoms with Crippen LogP contribution in [-0.4, -0.2) is 50.3 Å². The van der Waals surface area contributed by atoms with Gasteiger partial charge in [-0.25, -0.2) is 0 Å². The quantitative estimate of drug-likeness (QED) is 0.638. The van der Waals surface area contributed by atoms with Crippen molar-refractivity contribution in [2.45, 2.75) is 53.1 Å². The van der Waals surface area contributed by atoms with E-state index in [9.17, 15) is 0 Å². The molecule has 0 heterocycles. The van der Waals surface area contributed by atoms with E-state index in [0.717, 1.165) is 26.2 Å². The van der Waals surface area contributed by atoms with Crippen LogP contribution in [0.25, 0.3) is 0 Å². The lowest BCUT2D eigenvalue weighted by Gasteiger charge is -2.30. The Morgan fingerprint density at radius 2 is 1.76 bits per heavy atom. The van der Waals surface area contributed by atoms with Gasteiger partial charge in [-0.2, -0.15) is 0 Å². The first kappa shape index (κ1) is 16.9. The molecule has 0 radical (unpaired) electrons. The molecule has 0 bridgehead atoms. The van der Waals surface area contributed by atoms with Crippen molar-refractivity contribution < 1.29 is 4.74 Å². The second-order valence-electron chi connectivity index (χ2n) is 5.63. The van der Waals surface area contributed by atoms with Gasteiger partial charge in [0.15, 0.2) is 0 Å². The molecule has 0 aliphatic carbocycles. The predicted octanol–water partition coefficient (Wildman–Crippen LogP) is 2.37. The van der Waals surface area contributed by atoms with E-state index in [2.05, 4.69) is 44.8 Å². The van der Waals surface area contributed by atoms with Crippen molar-refractivity contribution in [1.29, 1.82) is 0 Å². The Kier molecular flexibility index (Phi) is 9.79. The normalized spacial score (nSPS) is 13.9. The van der Waals surface area contributed by atoms with E-state index in [-0.39, 0.29) is 0 Å². The maximum atomic E-state index is 5.19. The van der Waals surface area contributed by atoms with Gasteiger partial charge in [0.2, 0.25) is 0 Å². The van der Waals surface area contributed by atoms with Crippen LogP contribution >= 0.6 is 0 Å². The van der Waals surface area contributed by atoms with Crippen molar-refractivity contribution in [2.75, 3.05) is 33.4 Å². The number of methoxy groups -OCH3 is 1. The molecule has 0 spiro atoms. The first-order chi connectivity index (χ1) is 7.97. The largest absolute Gasteiger partial charge is 0.383 e. The molecule has 0 aromatic rings. The molecule has 17 heavy (non-hydrogen) atoms. The first-order valence-electron chi connectivity index (χ1n) is 6.93. The molecule has 3 heteroatoms. The van der Waals surface area contributed by atoms with Crippen LogP contribution in [0.4, 0.5) is 0 Å². The molecule has 3 nitrogen and oxygen atoms in total. The summed E-state index contributed by atoms with van der Waals surface area (Å²) in [7, 11) is 1.78. The molecule has 0 saturated carbocycles. The fourth-order valence-corrected chi connectivity index (χ4v) is 1.93. The Bertz CT molecular complexity index is 172. The summed E-state index contributed by atoms with van der Waals surface area (Å²) in [5, 5.41) is 3.48. The Morgan fingerprint density at radius 1 is 1.12 bits per heavy atom. The fraction of sp³-hybridized carbons (Fsp3) is 1.00. The predicted molar refractivity (Wildman–Crippen MR) is 75.5 cm³/mol. The zero-order valence-electron chi connectivity index (χ0n) is 12.6. The third-order valence-corrected chi connectivity index (χ3v) is 2.92. The fourth-order valence-electron chi connectivity index (χ4n) is 1.93. The molecule has 1 unspecified atom stereocenters. The molecule has 0 saturated heterocycles. The van der Waals surface area contributed by atoms with E-state index >= 15 is 0 Å². The van der Waals surface area contributed by atoms with Gasteiger partial charge in [-0.3, -0.25) is 4.90 Å². The van der Waals surface area contributed by atoms with E-state index in [1.165, 1.54) is 6.42 Å². The summed E-state index contributed by atoms with van der Waals surface area (Å²) in [6.07, 6.45) is 1.20. The highest BCUT2D eigenvalue weighted by Gasteiger charge is 2.14. The first-order valence-corrected chi connectivity index (χ1v) is 6.93. The monoisotopic (exact) mass is 244 g/mol. The van der Waals surface area contributed by atoms with Gasteiger partial charge in [-0.1, -0.05) is 27.7 Å². The van der Waals surface area contributed by atoms with E-state index in [0.29, 0.717) is 18.0 Å². The Hall–Kier alpha value is -0.120. The molecular weight excluding hydrogens is 212 g/mol. The standard InChI is InChI=1S/C14H32N2O/c1-12(2)11-16(9-10-17-6)14(5)7-8-15-13(3)4/h12-15H,7-11H2,1-6H3. The third-order valence-electron chi connectivity index (χ3n) is 2.92. The van der Waals surface area contributed by atoms with Crippen LogP contribution in [0.2, 0.25) is 0 Å². The summed E-state index contributed by atoms with van der Waals surface area (Å²) in [4.78, 5) is 2.54. The number of rotatable bonds is 10. The summed E-state index contributed by atoms with van der Waals surface area (Å²) >= 11 is 0. The average Bonchev–Trinajstić information content (AvgIpc) is 2.22. The van der Waals surface area contributed by atoms with E-state index in [1.807, 2.05) is 0 Å². The molecule has 0 aromatic carbocycles. The van der Waals surface area contributed by atoms with Crippen LogP contribution in [0.15, 0.2) is 0 Å². The van der Waals surface area contributed by atoms with E-state index < -0.39 is 0 Å². The van der Waals surface area contributed by atoms with Crippen molar-refractivity contribution >= 4 is 0 Å². The van der Waals surface area contributed by atoms with Crippen LogP contribution in [0.3, 0.4) is 0 Å². The van der Waals surface area contributed by atoms with Crippen LogP contribution in [0.1, 0.15) is 41.0 Å². The molecule has 1 atom stereocenters. The second-order valence-corrected chi connectivity index (χ2v) is 5.63. The number of ether oxygens (including phenoxy) is 1. The van der Waals surface area contributed by atoms with E-state index in [4.69, 9.17) is 4.74 Å². The van der Waals surface area contributed by atoms with Crippen molar-refractivity contribution in [3.8, 4) is 0 Å². The zero-order valence-corrected chi connectivity index (χ0v) is 12.6. The van der Waals surface area contributed by atoms with Crippen molar-refractivity contribution in [3.05, 3.63) is 0 Å². The molecule has 0 rings (SSSR count). The highest BCUT2D eigenvalue weighted by Crippen LogP contribution is 2.07. The number of hydrogen-bond donors (Lipinski definition) is 1. The lowest BCUT2D eigenvalue weighted by Crippen LogP contribution is -2.40. The van der Waals surface area contributed by atoms with Crippen LogP contribution in [-0.2, 0) is 4.74 Å². The number of nitrogens with zero attached hydrogens (tertiary/aromatic N) is 1. The number of hydrogen-bond acceptors (Lipinski definition) is 3. The molecule has 0 aliphatic heterocycles. The van der Waals surface area contributed by atoms with Gasteiger partial charge in [-0.05, 0) is 25.8 Å². The minimum atomic E-state index is 0.583. The van der Waals surface area contributed by atoms with Crippen LogP contribution in [0.5, 0.6) is 0 Å². The molecule has 0 amide bonds. The van der Waals surface area contributed by atoms with Crippen molar-refractivity contribution in [3.63, 3.8) is 0 Å². The second kappa shape index (κ2) is 9.86. The third kappa shape index (κ3) is 9.57. The Labute approximate surface area is 108 Å². The van der Waals surface area contributed by atoms with Crippen molar-refractivity contribution in [1.82, 2.24) is 10.2 Å². The van der Waals surface area contributed by atoms with Gasteiger partial charge in [0, 0.05) is 32.3 Å². The zero-order chi connectivity index (χ0) is 13.3. The summed E-state index contributed by atoms with van der Waals surface area (Å²) in [5.41, 5.74) is 0. The smallest absolute Gasteiger partial charge is 0.0589 e. The molecule has 0 fully saturated rings. The summed E-state index contributed by atoms with van der Waals surface area (Å²) in [6, 6.07) is 1.21. The Morgan fingerprint density at radius 3 is 2.24 bits per heavy atom. The maximum absolute atomic E-state index is 5.19. The van der Waals surface area contributed by atoms with Gasteiger partial charge < -0.3 is 10.1 Å². The molecule has 104 valence electrons. The summed E-state index contributed by atoms with van der Waals surface area (Å²) < 4.78 is 5.19. The highest BCUT2D eigenvalue weighted by molar-refractivity contribution is 4.70. The Balaban J connectivity index is 3.97. The van der Waals surface area contributed by atoms with Gasteiger partial charge in [0.05, 0.1) is 6.61 Å². The average molecular weight is 244 g/mol. The maximum Gasteiger partial charge on any atom is 0.0589 e. The summed E-state index contributed by atoms with van der Waals surface area (Å²) in [6.45, 7) is 15.4. The van der Waals surface area contributed by atoms with Crippen LogP contribution in [0, 0.1) is 5.92 Å². The molecule has 1 N–H and O–H groups in total. The SMILES string of the molecule is COCCN(CC(C)C)C(C)CCNC(C)C. The van der Waals surface area contributed by atoms with E-state index in [1.54, 1.807) is 7.11 Å². The van der Waals surface area contributed by atoms with Gasteiger partial charge >= 0.3 is 0 Å². The minimum absolute atomic E-state index is 0.583. The van der Waals surface area contributed by atoms with Gasteiger partial charge in [-0.15, -0.1) is 0 Å².